The number of aromatic nitrogens is 1. The van der Waals surface area contributed by atoms with Crippen molar-refractivity contribution in [1.29, 1.82) is 5.26 Å². The number of alkyl halides is 3. The second-order valence-electron chi connectivity index (χ2n) is 7.37. The summed E-state index contributed by atoms with van der Waals surface area (Å²) in [4.78, 5) is 44.8. The monoisotopic (exact) mass is 415 g/mol. The number of nitrogens with zero attached hydrogens (tertiary/aromatic N) is 5. The number of hydrogen-bond acceptors (Lipinski definition) is 5. The number of anilines is 1. The molecule has 3 aliphatic rings. The van der Waals surface area contributed by atoms with E-state index in [1.165, 1.54) is 11.1 Å². The van der Waals surface area contributed by atoms with Crippen molar-refractivity contribution < 1.29 is 27.6 Å². The smallest absolute Gasteiger partial charge is 0.327 e. The number of piperazine rings is 1. The summed E-state index contributed by atoms with van der Waals surface area (Å²) in [6, 6.07) is 5.05. The number of carbonyl (C=O) groups excluding carboxylic acids is 3. The van der Waals surface area contributed by atoms with E-state index >= 15 is 0 Å². The molecule has 3 fully saturated rings. The van der Waals surface area contributed by atoms with Gasteiger partial charge in [0.1, 0.15) is 17.8 Å². The molecular formula is C19H12F3N5O3. The van der Waals surface area contributed by atoms with Gasteiger partial charge in [-0.25, -0.2) is 14.7 Å². The topological polar surface area (TPSA) is 97.6 Å². The van der Waals surface area contributed by atoms with E-state index in [0.29, 0.717) is 15.7 Å². The van der Waals surface area contributed by atoms with Crippen molar-refractivity contribution in [2.75, 3.05) is 11.4 Å². The van der Waals surface area contributed by atoms with E-state index in [1.807, 2.05) is 6.07 Å². The van der Waals surface area contributed by atoms with Crippen LogP contribution in [0.15, 0.2) is 30.5 Å². The van der Waals surface area contributed by atoms with Crippen LogP contribution in [0.25, 0.3) is 10.8 Å². The molecule has 0 unspecified atom stereocenters. The van der Waals surface area contributed by atoms with Gasteiger partial charge in [0, 0.05) is 17.3 Å². The van der Waals surface area contributed by atoms with Gasteiger partial charge < -0.3 is 9.80 Å². The van der Waals surface area contributed by atoms with Crippen molar-refractivity contribution in [3.05, 3.63) is 36.2 Å². The molecular weight excluding hydrogens is 403 g/mol. The molecule has 3 atom stereocenters. The van der Waals surface area contributed by atoms with Gasteiger partial charge in [-0.15, -0.1) is 0 Å². The minimum Gasteiger partial charge on any atom is -0.327 e. The van der Waals surface area contributed by atoms with Gasteiger partial charge in [-0.2, -0.15) is 18.4 Å². The van der Waals surface area contributed by atoms with Gasteiger partial charge in [0.25, 0.3) is 5.91 Å². The first kappa shape index (κ1) is 18.4. The fourth-order valence-electron chi connectivity index (χ4n) is 4.72. The van der Waals surface area contributed by atoms with Crippen LogP contribution >= 0.6 is 0 Å². The summed E-state index contributed by atoms with van der Waals surface area (Å²) in [5, 5.41) is 10.1. The summed E-state index contributed by atoms with van der Waals surface area (Å²) >= 11 is 0. The van der Waals surface area contributed by atoms with Gasteiger partial charge >= 0.3 is 18.1 Å². The van der Waals surface area contributed by atoms with Gasteiger partial charge in [0.15, 0.2) is 0 Å². The Labute approximate surface area is 167 Å². The van der Waals surface area contributed by atoms with Crippen LogP contribution in [0.5, 0.6) is 0 Å². The predicted molar refractivity (Wildman–Crippen MR) is 94.9 cm³/mol. The second-order valence-corrected chi connectivity index (χ2v) is 7.37. The number of halogens is 3. The fourth-order valence-corrected chi connectivity index (χ4v) is 4.72. The number of imide groups is 1. The quantitative estimate of drug-likeness (QED) is 0.662. The fraction of sp³-hybridized carbons (Fsp3) is 0.316. The molecule has 0 aliphatic carbocycles. The van der Waals surface area contributed by atoms with Crippen LogP contribution in [0.2, 0.25) is 0 Å². The van der Waals surface area contributed by atoms with Crippen LogP contribution in [-0.4, -0.2) is 63.5 Å². The minimum absolute atomic E-state index is 0.121. The average Bonchev–Trinajstić information content (AvgIpc) is 3.37. The van der Waals surface area contributed by atoms with Crippen LogP contribution in [0.3, 0.4) is 0 Å². The maximum Gasteiger partial charge on any atom is 0.471 e. The van der Waals surface area contributed by atoms with Crippen molar-refractivity contribution in [1.82, 2.24) is 14.8 Å². The predicted octanol–water partition coefficient (Wildman–Crippen LogP) is 1.79. The lowest BCUT2D eigenvalue weighted by Gasteiger charge is -2.35. The van der Waals surface area contributed by atoms with Gasteiger partial charge in [-0.3, -0.25) is 9.59 Å². The maximum atomic E-state index is 13.2. The van der Waals surface area contributed by atoms with E-state index in [1.54, 1.807) is 24.3 Å². The summed E-state index contributed by atoms with van der Waals surface area (Å²) in [5.41, 5.74) is 0.276. The summed E-state index contributed by atoms with van der Waals surface area (Å²) in [5.74, 6) is -2.71. The standard InChI is InChI=1S/C19H12F3N5O3/c20-19(21,22)17(29)25-8-9-5-13(25)15-16(28)27(18(30)26(9)15)14-7-24-12(6-23)10-3-1-2-4-11(10)14/h1-4,7,9,13,15H,5,8H2/t9-,13-,15-/m0/s1. The Morgan fingerprint density at radius 1 is 1.20 bits per heavy atom. The summed E-state index contributed by atoms with van der Waals surface area (Å²) in [6.45, 7) is -0.265. The number of hydrogen-bond donors (Lipinski definition) is 0. The third-order valence-electron chi connectivity index (χ3n) is 5.89. The number of likely N-dealkylation sites (tertiary alicyclic amines) is 1. The van der Waals surface area contributed by atoms with Crippen molar-refractivity contribution in [2.24, 2.45) is 0 Å². The van der Waals surface area contributed by atoms with Crippen molar-refractivity contribution in [2.45, 2.75) is 30.7 Å². The zero-order valence-electron chi connectivity index (χ0n) is 15.1. The second kappa shape index (κ2) is 5.91. The van der Waals surface area contributed by atoms with E-state index < -0.39 is 42.1 Å². The largest absolute Gasteiger partial charge is 0.471 e. The summed E-state index contributed by atoms with van der Waals surface area (Å²) < 4.78 is 38.8. The van der Waals surface area contributed by atoms with Crippen LogP contribution < -0.4 is 4.90 Å². The molecule has 30 heavy (non-hydrogen) atoms. The number of benzene rings is 1. The maximum absolute atomic E-state index is 13.2. The van der Waals surface area contributed by atoms with Crippen molar-refractivity contribution in [3.63, 3.8) is 0 Å². The highest BCUT2D eigenvalue weighted by Gasteiger charge is 2.64. The number of carbonyl (C=O) groups is 3. The Bertz CT molecular complexity index is 1170. The number of rotatable bonds is 1. The van der Waals surface area contributed by atoms with Gasteiger partial charge in [-0.1, -0.05) is 24.3 Å². The minimum atomic E-state index is -5.05. The number of fused-ring (bicyclic) bond motifs is 6. The SMILES string of the molecule is N#Cc1ncc(N2C(=O)[C@@H]3[C@@H]4C[C@@H](CN4C(=O)C(F)(F)F)N3C2=O)c2ccccc12. The first-order chi connectivity index (χ1) is 14.2. The van der Waals surface area contributed by atoms with E-state index in [2.05, 4.69) is 4.98 Å². The van der Waals surface area contributed by atoms with Gasteiger partial charge in [0.2, 0.25) is 0 Å². The Morgan fingerprint density at radius 3 is 2.57 bits per heavy atom. The van der Waals surface area contributed by atoms with Gasteiger partial charge in [0.05, 0.1) is 24.0 Å². The lowest BCUT2D eigenvalue weighted by atomic mass is 10.1. The average molecular weight is 415 g/mol. The zero-order valence-corrected chi connectivity index (χ0v) is 15.1. The number of pyridine rings is 1. The van der Waals surface area contributed by atoms with E-state index in [9.17, 15) is 32.8 Å². The molecule has 0 N–H and O–H groups in total. The summed E-state index contributed by atoms with van der Waals surface area (Å²) in [7, 11) is 0. The molecule has 8 nitrogen and oxygen atoms in total. The number of amides is 4. The van der Waals surface area contributed by atoms with E-state index in [-0.39, 0.29) is 24.3 Å². The molecule has 1 aromatic carbocycles. The molecule has 0 saturated carbocycles. The molecule has 3 saturated heterocycles. The Kier molecular flexibility index (Phi) is 3.62. The third kappa shape index (κ3) is 2.27. The highest BCUT2D eigenvalue weighted by Crippen LogP contribution is 2.44. The molecule has 11 heteroatoms. The molecule has 4 amide bonds. The van der Waals surface area contributed by atoms with Crippen LogP contribution in [-0.2, 0) is 9.59 Å². The number of urea groups is 1. The van der Waals surface area contributed by atoms with Crippen LogP contribution in [0.4, 0.5) is 23.7 Å². The Hall–Kier alpha value is -3.68. The van der Waals surface area contributed by atoms with E-state index in [4.69, 9.17) is 0 Å². The lowest BCUT2D eigenvalue weighted by molar-refractivity contribution is -0.188. The van der Waals surface area contributed by atoms with Crippen LogP contribution in [0.1, 0.15) is 12.1 Å². The molecule has 5 rings (SSSR count). The first-order valence-electron chi connectivity index (χ1n) is 9.06. The van der Waals surface area contributed by atoms with Crippen molar-refractivity contribution in [3.8, 4) is 6.07 Å². The molecule has 152 valence electrons. The molecule has 0 spiro atoms. The van der Waals surface area contributed by atoms with Gasteiger partial charge in [-0.05, 0) is 6.42 Å². The third-order valence-corrected chi connectivity index (χ3v) is 5.89. The van der Waals surface area contributed by atoms with E-state index in [0.717, 1.165) is 4.90 Å². The highest BCUT2D eigenvalue weighted by atomic mass is 19.4. The lowest BCUT2D eigenvalue weighted by Crippen LogP contribution is -2.57. The Morgan fingerprint density at radius 2 is 1.90 bits per heavy atom. The zero-order chi connectivity index (χ0) is 21.4. The molecule has 0 radical (unpaired) electrons. The molecule has 2 bridgehead atoms. The normalized spacial score (nSPS) is 25.3. The van der Waals surface area contributed by atoms with Crippen LogP contribution in [0, 0.1) is 11.3 Å². The molecule has 3 aliphatic heterocycles. The summed E-state index contributed by atoms with van der Waals surface area (Å²) in [6.07, 6.45) is -3.68. The highest BCUT2D eigenvalue weighted by molar-refractivity contribution is 6.25. The van der Waals surface area contributed by atoms with Crippen molar-refractivity contribution >= 4 is 34.3 Å². The first-order valence-corrected chi connectivity index (χ1v) is 9.06. The number of nitriles is 1. The Balaban J connectivity index is 1.56. The molecule has 2 aromatic rings. The molecule has 1 aromatic heterocycles. The molecule has 4 heterocycles.